The molecule has 28 heavy (non-hydrogen) atoms. The molecule has 0 saturated heterocycles. The van der Waals surface area contributed by atoms with E-state index in [9.17, 15) is 17.8 Å². The van der Waals surface area contributed by atoms with Gasteiger partial charge in [0, 0.05) is 0 Å². The van der Waals surface area contributed by atoms with E-state index in [2.05, 4.69) is 6.92 Å². The molecule has 1 aromatic rings. The van der Waals surface area contributed by atoms with Crippen molar-refractivity contribution in [1.82, 2.24) is 0 Å². The third-order valence-electron chi connectivity index (χ3n) is 6.20. The summed E-state index contributed by atoms with van der Waals surface area (Å²) in [6.45, 7) is 19.0. The molecule has 0 N–H and O–H groups in total. The molecular formula is C21H33O6S-. The summed E-state index contributed by atoms with van der Waals surface area (Å²) in [4.78, 5) is 12.5. The molecule has 0 aliphatic heterocycles. The highest BCUT2D eigenvalue weighted by atomic mass is 32.2. The highest BCUT2D eigenvalue weighted by Crippen LogP contribution is 2.38. The normalized spacial score (nSPS) is 13.4. The van der Waals surface area contributed by atoms with Crippen LogP contribution in [0.15, 0.2) is 0 Å². The Morgan fingerprint density at radius 2 is 1.11 bits per heavy atom. The van der Waals surface area contributed by atoms with Gasteiger partial charge in [0.05, 0.1) is 0 Å². The Morgan fingerprint density at radius 1 is 0.750 bits per heavy atom. The lowest BCUT2D eigenvalue weighted by Crippen LogP contribution is -2.56. The topological polar surface area (TPSA) is 92.7 Å². The molecule has 0 atom stereocenters. The van der Waals surface area contributed by atoms with E-state index >= 15 is 0 Å². The Kier molecular flexibility index (Phi) is 6.40. The highest BCUT2D eigenvalue weighted by molar-refractivity contribution is 7.88. The fraction of sp³-hybridized carbons (Fsp3) is 0.667. The van der Waals surface area contributed by atoms with Gasteiger partial charge in [0.1, 0.15) is 27.1 Å². The van der Waals surface area contributed by atoms with Gasteiger partial charge in [-0.05, 0) is 104 Å². The first-order chi connectivity index (χ1) is 12.3. The Balaban J connectivity index is 3.32. The summed E-state index contributed by atoms with van der Waals surface area (Å²) in [5.41, 5.74) is 3.24. The van der Waals surface area contributed by atoms with E-state index in [-0.39, 0.29) is 0 Å². The smallest absolute Gasteiger partial charge is 0.326 e. The van der Waals surface area contributed by atoms with Gasteiger partial charge in [0.2, 0.25) is 0 Å². The number of ether oxygens (including phenoxy) is 2. The summed E-state index contributed by atoms with van der Waals surface area (Å²) in [7, 11) is -4.87. The van der Waals surface area contributed by atoms with Crippen LogP contribution in [0.2, 0.25) is 0 Å². The minimum Gasteiger partial charge on any atom is -0.747 e. The van der Waals surface area contributed by atoms with Gasteiger partial charge in [-0.15, -0.1) is 0 Å². The van der Waals surface area contributed by atoms with Crippen LogP contribution in [0.1, 0.15) is 69.4 Å². The molecule has 0 spiro atoms. The predicted octanol–water partition coefficient (Wildman–Crippen LogP) is 4.03. The van der Waals surface area contributed by atoms with Crippen molar-refractivity contribution in [2.24, 2.45) is 0 Å². The molecule has 7 heteroatoms. The molecule has 0 amide bonds. The van der Waals surface area contributed by atoms with E-state index in [1.807, 2.05) is 27.7 Å². The van der Waals surface area contributed by atoms with Crippen molar-refractivity contribution in [1.29, 1.82) is 0 Å². The quantitative estimate of drug-likeness (QED) is 0.516. The number of carbonyl (C=O) groups excluding carboxylic acids is 1. The average Bonchev–Trinajstić information content (AvgIpc) is 2.53. The zero-order valence-corrected chi connectivity index (χ0v) is 19.7. The second-order valence-corrected chi connectivity index (χ2v) is 10.9. The minimum atomic E-state index is -4.87. The maximum atomic E-state index is 12.5. The number of rotatable bonds is 6. The van der Waals surface area contributed by atoms with E-state index in [1.54, 1.807) is 27.7 Å². The van der Waals surface area contributed by atoms with Gasteiger partial charge in [0.15, 0.2) is 4.75 Å². The summed E-state index contributed by atoms with van der Waals surface area (Å²) in [5.74, 6) is -0.390. The van der Waals surface area contributed by atoms with Gasteiger partial charge in [-0.25, -0.2) is 8.42 Å². The molecule has 0 bridgehead atoms. The molecule has 0 fully saturated rings. The summed E-state index contributed by atoms with van der Waals surface area (Å²) >= 11 is 0. The highest BCUT2D eigenvalue weighted by Gasteiger charge is 2.47. The van der Waals surface area contributed by atoms with Crippen molar-refractivity contribution in [2.45, 2.75) is 92.1 Å². The van der Waals surface area contributed by atoms with Gasteiger partial charge < -0.3 is 14.0 Å². The number of carbonyl (C=O) groups is 1. The first-order valence-electron chi connectivity index (χ1n) is 9.22. The Hall–Kier alpha value is -1.60. The van der Waals surface area contributed by atoms with Crippen LogP contribution in [0, 0.1) is 34.6 Å². The molecule has 6 nitrogen and oxygen atoms in total. The summed E-state index contributed by atoms with van der Waals surface area (Å²) < 4.78 is 43.9. The molecular weight excluding hydrogens is 380 g/mol. The standard InChI is InChI=1S/C21H34O6S/c1-12-13(2)15(4)17(16(5)14(12)3)26-20(8,9)21(10,11)27-18(22)19(6,7)28(23,24)25/h1-11H3,(H,23,24,25)/p-1. The molecule has 0 saturated carbocycles. The summed E-state index contributed by atoms with van der Waals surface area (Å²) in [6, 6.07) is 0. The van der Waals surface area contributed by atoms with Gasteiger partial charge in [0.25, 0.3) is 0 Å². The van der Waals surface area contributed by atoms with Crippen LogP contribution in [0.4, 0.5) is 0 Å². The van der Waals surface area contributed by atoms with Crippen LogP contribution in [0.25, 0.3) is 0 Å². The fourth-order valence-electron chi connectivity index (χ4n) is 2.58. The lowest BCUT2D eigenvalue weighted by molar-refractivity contribution is -0.178. The van der Waals surface area contributed by atoms with Gasteiger partial charge >= 0.3 is 5.97 Å². The molecule has 160 valence electrons. The minimum absolute atomic E-state index is 0.713. The van der Waals surface area contributed by atoms with E-state index in [4.69, 9.17) is 9.47 Å². The second kappa shape index (κ2) is 7.34. The lowest BCUT2D eigenvalue weighted by Gasteiger charge is -2.43. The molecule has 0 aliphatic rings. The Labute approximate surface area is 169 Å². The maximum Gasteiger partial charge on any atom is 0.326 e. The number of esters is 1. The lowest BCUT2D eigenvalue weighted by atomic mass is 9.87. The van der Waals surface area contributed by atoms with Crippen molar-refractivity contribution in [2.75, 3.05) is 0 Å². The van der Waals surface area contributed by atoms with Crippen LogP contribution >= 0.6 is 0 Å². The SMILES string of the molecule is Cc1c(C)c(C)c(OC(C)(C)C(C)(C)OC(=O)C(C)(C)S(=O)(=O)[O-])c(C)c1C. The van der Waals surface area contributed by atoms with Crippen LogP contribution < -0.4 is 4.74 Å². The monoisotopic (exact) mass is 413 g/mol. The number of hydrogen-bond acceptors (Lipinski definition) is 6. The van der Waals surface area contributed by atoms with Crippen molar-refractivity contribution in [3.05, 3.63) is 27.8 Å². The molecule has 1 rings (SSSR count). The zero-order valence-electron chi connectivity index (χ0n) is 18.9. The Morgan fingerprint density at radius 3 is 1.46 bits per heavy atom. The van der Waals surface area contributed by atoms with Crippen LogP contribution in [-0.4, -0.2) is 34.9 Å². The largest absolute Gasteiger partial charge is 0.747 e. The molecule has 0 aromatic heterocycles. The van der Waals surface area contributed by atoms with Crippen LogP contribution in [0.3, 0.4) is 0 Å². The van der Waals surface area contributed by atoms with Gasteiger partial charge in [-0.2, -0.15) is 0 Å². The number of hydrogen-bond donors (Lipinski definition) is 0. The van der Waals surface area contributed by atoms with E-state index < -0.39 is 32.0 Å². The van der Waals surface area contributed by atoms with Gasteiger partial charge in [-0.3, -0.25) is 4.79 Å². The molecule has 0 unspecified atom stereocenters. The van der Waals surface area contributed by atoms with Crippen molar-refractivity contribution in [3.8, 4) is 5.75 Å². The molecule has 1 aromatic carbocycles. The molecule has 0 radical (unpaired) electrons. The predicted molar refractivity (Wildman–Crippen MR) is 109 cm³/mol. The van der Waals surface area contributed by atoms with Crippen LogP contribution in [0.5, 0.6) is 5.75 Å². The van der Waals surface area contributed by atoms with Crippen molar-refractivity contribution >= 4 is 16.1 Å². The third-order valence-corrected chi connectivity index (χ3v) is 7.62. The van der Waals surface area contributed by atoms with Crippen molar-refractivity contribution < 1.29 is 27.2 Å². The molecule has 0 aliphatic carbocycles. The van der Waals surface area contributed by atoms with Gasteiger partial charge in [-0.1, -0.05) is 0 Å². The summed E-state index contributed by atoms with van der Waals surface area (Å²) in [6.07, 6.45) is 0. The maximum absolute atomic E-state index is 12.5. The first-order valence-corrected chi connectivity index (χ1v) is 10.6. The van der Waals surface area contributed by atoms with Crippen molar-refractivity contribution in [3.63, 3.8) is 0 Å². The summed E-state index contributed by atoms with van der Waals surface area (Å²) in [5, 5.41) is 0. The number of benzene rings is 1. The average molecular weight is 414 g/mol. The Bertz CT molecular complexity index is 863. The zero-order chi connectivity index (χ0) is 22.5. The van der Waals surface area contributed by atoms with E-state index in [0.717, 1.165) is 36.1 Å². The molecule has 0 heterocycles. The first kappa shape index (κ1) is 24.4. The third kappa shape index (κ3) is 4.20. The second-order valence-electron chi connectivity index (χ2n) is 8.93. The van der Waals surface area contributed by atoms with Crippen LogP contribution in [-0.2, 0) is 19.6 Å². The fourth-order valence-corrected chi connectivity index (χ4v) is 2.82. The van der Waals surface area contributed by atoms with E-state index in [0.29, 0.717) is 5.75 Å². The van der Waals surface area contributed by atoms with E-state index in [1.165, 1.54) is 5.56 Å².